The maximum absolute atomic E-state index is 5.49. The smallest absolute Gasteiger partial charge is 0.0366 e. The van der Waals surface area contributed by atoms with Crippen molar-refractivity contribution in [1.82, 2.24) is 9.21 Å². The summed E-state index contributed by atoms with van der Waals surface area (Å²) in [5.74, 6) is 3.64. The topological polar surface area (TPSA) is 6.48 Å². The summed E-state index contributed by atoms with van der Waals surface area (Å²) in [7, 11) is 0. The summed E-state index contributed by atoms with van der Waals surface area (Å²) in [5, 5.41) is 0. The van der Waals surface area contributed by atoms with Crippen molar-refractivity contribution in [2.75, 3.05) is 19.6 Å². The molecule has 0 amide bonds. The van der Waals surface area contributed by atoms with Crippen molar-refractivity contribution in [2.24, 2.45) is 5.92 Å². The van der Waals surface area contributed by atoms with Crippen molar-refractivity contribution >= 4 is 11.9 Å². The molecular weight excluding hydrogens is 252 g/mol. The van der Waals surface area contributed by atoms with Gasteiger partial charge in [-0.15, -0.1) is 6.42 Å². The first kappa shape index (κ1) is 11.8. The molecule has 0 spiro atoms. The van der Waals surface area contributed by atoms with Gasteiger partial charge in [0, 0.05) is 29.6 Å². The zero-order valence-electron chi connectivity index (χ0n) is 11.0. The van der Waals surface area contributed by atoms with Gasteiger partial charge in [-0.1, -0.05) is 12.0 Å². The van der Waals surface area contributed by atoms with Crippen LogP contribution < -0.4 is 0 Å². The van der Waals surface area contributed by atoms with Gasteiger partial charge in [-0.05, 0) is 61.5 Å². The molecule has 3 heteroatoms. The molecular formula is C16H18N2S. The van der Waals surface area contributed by atoms with Gasteiger partial charge in [0.25, 0.3) is 0 Å². The van der Waals surface area contributed by atoms with Crippen LogP contribution in [0, 0.1) is 18.3 Å². The lowest BCUT2D eigenvalue weighted by atomic mass is 9.84. The Kier molecular flexibility index (Phi) is 2.84. The SMILES string of the molecule is C#Cc1ccc2c(c1)SN([C@H]1CN3CCC1CC3)C2. The average molecular weight is 270 g/mol. The first-order chi connectivity index (χ1) is 9.33. The van der Waals surface area contributed by atoms with Gasteiger partial charge in [0.05, 0.1) is 0 Å². The van der Waals surface area contributed by atoms with Gasteiger partial charge in [0.2, 0.25) is 0 Å². The fourth-order valence-corrected chi connectivity index (χ4v) is 4.89. The highest BCUT2D eigenvalue weighted by Gasteiger charge is 2.39. The van der Waals surface area contributed by atoms with E-state index in [0.717, 1.165) is 24.1 Å². The molecule has 0 saturated carbocycles. The molecule has 3 fully saturated rings. The molecule has 5 rings (SSSR count). The van der Waals surface area contributed by atoms with Crippen molar-refractivity contribution in [3.05, 3.63) is 29.3 Å². The van der Waals surface area contributed by atoms with Crippen LogP contribution >= 0.6 is 11.9 Å². The Morgan fingerprint density at radius 1 is 1.26 bits per heavy atom. The highest BCUT2D eigenvalue weighted by atomic mass is 32.2. The quantitative estimate of drug-likeness (QED) is 0.572. The first-order valence-electron chi connectivity index (χ1n) is 7.10. The van der Waals surface area contributed by atoms with Gasteiger partial charge >= 0.3 is 0 Å². The van der Waals surface area contributed by atoms with E-state index >= 15 is 0 Å². The molecule has 0 unspecified atom stereocenters. The number of fused-ring (bicyclic) bond motifs is 4. The van der Waals surface area contributed by atoms with Crippen LogP contribution in [0.15, 0.2) is 23.1 Å². The van der Waals surface area contributed by atoms with Crippen molar-refractivity contribution in [3.63, 3.8) is 0 Å². The third-order valence-corrected chi connectivity index (χ3v) is 5.98. The molecule has 0 N–H and O–H groups in total. The molecule has 0 aromatic heterocycles. The first-order valence-corrected chi connectivity index (χ1v) is 7.87. The summed E-state index contributed by atoms with van der Waals surface area (Å²) >= 11 is 1.92. The van der Waals surface area contributed by atoms with E-state index < -0.39 is 0 Å². The molecule has 2 nitrogen and oxygen atoms in total. The summed E-state index contributed by atoms with van der Waals surface area (Å²) in [6.45, 7) is 4.97. The van der Waals surface area contributed by atoms with Crippen molar-refractivity contribution in [2.45, 2.75) is 30.3 Å². The van der Waals surface area contributed by atoms with Crippen LogP contribution in [-0.4, -0.2) is 34.9 Å². The number of nitrogens with zero attached hydrogens (tertiary/aromatic N) is 2. The van der Waals surface area contributed by atoms with Crippen molar-refractivity contribution < 1.29 is 0 Å². The minimum Gasteiger partial charge on any atom is -0.302 e. The number of piperidine rings is 3. The fraction of sp³-hybridized carbons (Fsp3) is 0.500. The Bertz CT molecular complexity index is 540. The molecule has 2 bridgehead atoms. The normalized spacial score (nSPS) is 33.1. The fourth-order valence-electron chi connectivity index (χ4n) is 3.63. The lowest BCUT2D eigenvalue weighted by molar-refractivity contribution is 0.0420. The zero-order chi connectivity index (χ0) is 12.8. The van der Waals surface area contributed by atoms with Gasteiger partial charge in [-0.3, -0.25) is 0 Å². The van der Waals surface area contributed by atoms with Crippen LogP contribution in [0.1, 0.15) is 24.0 Å². The third kappa shape index (κ3) is 1.99. The van der Waals surface area contributed by atoms with E-state index in [1.54, 1.807) is 0 Å². The number of hydrogen-bond donors (Lipinski definition) is 0. The Labute approximate surface area is 119 Å². The summed E-state index contributed by atoms with van der Waals surface area (Å²) in [4.78, 5) is 3.99. The van der Waals surface area contributed by atoms with Gasteiger partial charge < -0.3 is 4.90 Å². The number of terminal acetylenes is 1. The van der Waals surface area contributed by atoms with Crippen LogP contribution in [-0.2, 0) is 6.54 Å². The van der Waals surface area contributed by atoms with E-state index in [9.17, 15) is 0 Å². The van der Waals surface area contributed by atoms with E-state index in [0.29, 0.717) is 0 Å². The lowest BCUT2D eigenvalue weighted by Gasteiger charge is -2.47. The second kappa shape index (κ2) is 4.56. The molecule has 98 valence electrons. The van der Waals surface area contributed by atoms with Crippen molar-refractivity contribution in [1.29, 1.82) is 0 Å². The highest BCUT2D eigenvalue weighted by Crippen LogP contribution is 2.42. The minimum atomic E-state index is 0.731. The third-order valence-electron chi connectivity index (χ3n) is 4.77. The highest BCUT2D eigenvalue weighted by molar-refractivity contribution is 7.97. The molecule has 4 aliphatic rings. The van der Waals surface area contributed by atoms with Crippen molar-refractivity contribution in [3.8, 4) is 12.3 Å². The molecule has 19 heavy (non-hydrogen) atoms. The molecule has 3 saturated heterocycles. The summed E-state index contributed by atoms with van der Waals surface area (Å²) < 4.78 is 2.60. The van der Waals surface area contributed by atoms with Crippen LogP contribution in [0.3, 0.4) is 0 Å². The molecule has 1 atom stereocenters. The zero-order valence-corrected chi connectivity index (χ0v) is 11.8. The molecule has 1 aromatic rings. The minimum absolute atomic E-state index is 0.731. The molecule has 0 radical (unpaired) electrons. The van der Waals surface area contributed by atoms with Gasteiger partial charge in [-0.25, -0.2) is 4.31 Å². The number of hydrogen-bond acceptors (Lipinski definition) is 3. The van der Waals surface area contributed by atoms with E-state index in [4.69, 9.17) is 6.42 Å². The van der Waals surface area contributed by atoms with Gasteiger partial charge in [0.1, 0.15) is 0 Å². The molecule has 4 aliphatic heterocycles. The Balaban J connectivity index is 1.55. The molecule has 1 aromatic carbocycles. The van der Waals surface area contributed by atoms with E-state index in [1.807, 2.05) is 11.9 Å². The van der Waals surface area contributed by atoms with Gasteiger partial charge in [-0.2, -0.15) is 0 Å². The summed E-state index contributed by atoms with van der Waals surface area (Å²) in [5.41, 5.74) is 2.45. The monoisotopic (exact) mass is 270 g/mol. The van der Waals surface area contributed by atoms with Crippen LogP contribution in [0.4, 0.5) is 0 Å². The van der Waals surface area contributed by atoms with Crippen LogP contribution in [0.25, 0.3) is 0 Å². The second-order valence-corrected chi connectivity index (χ2v) is 6.93. The average Bonchev–Trinajstić information content (AvgIpc) is 2.91. The van der Waals surface area contributed by atoms with E-state index in [1.165, 1.54) is 42.9 Å². The van der Waals surface area contributed by atoms with Gasteiger partial charge in [0.15, 0.2) is 0 Å². The van der Waals surface area contributed by atoms with E-state index in [-0.39, 0.29) is 0 Å². The Morgan fingerprint density at radius 3 is 2.79 bits per heavy atom. The van der Waals surface area contributed by atoms with Crippen LogP contribution in [0.2, 0.25) is 0 Å². The van der Waals surface area contributed by atoms with E-state index in [2.05, 4.69) is 33.3 Å². The summed E-state index contributed by atoms with van der Waals surface area (Å²) in [6, 6.07) is 7.17. The second-order valence-electron chi connectivity index (χ2n) is 5.84. The predicted octanol–water partition coefficient (Wildman–Crippen LogP) is 2.58. The predicted molar refractivity (Wildman–Crippen MR) is 78.7 cm³/mol. The largest absolute Gasteiger partial charge is 0.302 e. The number of benzene rings is 1. The molecule has 4 heterocycles. The maximum atomic E-state index is 5.49. The Hall–Kier alpha value is -0.950. The summed E-state index contributed by atoms with van der Waals surface area (Å²) in [6.07, 6.45) is 8.26. The molecule has 0 aliphatic carbocycles. The van der Waals surface area contributed by atoms with Crippen LogP contribution in [0.5, 0.6) is 0 Å². The number of rotatable bonds is 1. The lowest BCUT2D eigenvalue weighted by Crippen LogP contribution is -2.54. The maximum Gasteiger partial charge on any atom is 0.0366 e. The Morgan fingerprint density at radius 2 is 2.11 bits per heavy atom. The standard InChI is InChI=1S/C16H18N2S/c1-2-12-3-4-14-10-18(19-16(14)9-12)15-11-17-7-5-13(15)6-8-17/h1,3-4,9,13,15H,5-8,10-11H2/t15-/m0/s1.